The number of fused-ring (bicyclic) bond motifs is 1. The van der Waals surface area contributed by atoms with Crippen molar-refractivity contribution in [2.45, 2.75) is 64.4 Å². The molecule has 2 aliphatic rings. The van der Waals surface area contributed by atoms with Crippen molar-refractivity contribution in [2.24, 2.45) is 7.05 Å². The van der Waals surface area contributed by atoms with E-state index in [2.05, 4.69) is 49.3 Å². The summed E-state index contributed by atoms with van der Waals surface area (Å²) in [5.41, 5.74) is 1.20. The number of pyridine rings is 1. The Morgan fingerprint density at radius 3 is 2.56 bits per heavy atom. The second-order valence-corrected chi connectivity index (χ2v) is 8.14. The van der Waals surface area contributed by atoms with Crippen LogP contribution < -0.4 is 10.1 Å². The largest absolute Gasteiger partial charge is 0.496 e. The van der Waals surface area contributed by atoms with Gasteiger partial charge in [-0.15, -0.1) is 9.36 Å². The zero-order chi connectivity index (χ0) is 17.8. The van der Waals surface area contributed by atoms with Gasteiger partial charge in [0.2, 0.25) is 11.8 Å². The number of aryl methyl sites for hydroxylation is 1. The molecule has 1 unspecified atom stereocenters. The summed E-state index contributed by atoms with van der Waals surface area (Å²) < 4.78 is 22.5. The zero-order valence-electron chi connectivity index (χ0n) is 15.8. The molecule has 0 N–H and O–H groups in total. The van der Waals surface area contributed by atoms with Crippen molar-refractivity contribution >= 4 is 23.6 Å². The number of aromatic nitrogens is 3. The molecule has 25 heavy (non-hydrogen) atoms. The lowest BCUT2D eigenvalue weighted by Crippen LogP contribution is -2.42. The van der Waals surface area contributed by atoms with Crippen molar-refractivity contribution in [3.05, 3.63) is 18.5 Å². The van der Waals surface area contributed by atoms with Gasteiger partial charge in [-0.3, -0.25) is 0 Å². The van der Waals surface area contributed by atoms with Crippen LogP contribution in [-0.2, 0) is 21.1 Å². The highest BCUT2D eigenvalue weighted by molar-refractivity contribution is 6.62. The Morgan fingerprint density at radius 1 is 1.20 bits per heavy atom. The SMILES string of the molecule is C[n+]1cc2cc(B3OC(C)(C)C(C)(C)O3)cnc2n1C1CCCCO1. The minimum atomic E-state index is -0.388. The molecule has 134 valence electrons. The fourth-order valence-corrected chi connectivity index (χ4v) is 3.56. The topological polar surface area (TPSA) is 49.4 Å². The zero-order valence-corrected chi connectivity index (χ0v) is 15.8. The predicted molar refractivity (Wildman–Crippen MR) is 95.5 cm³/mol. The van der Waals surface area contributed by atoms with Crippen molar-refractivity contribution < 1.29 is 18.7 Å². The molecule has 0 aliphatic carbocycles. The molecule has 0 aromatic carbocycles. The van der Waals surface area contributed by atoms with Crippen molar-refractivity contribution in [1.82, 2.24) is 9.67 Å². The van der Waals surface area contributed by atoms with Crippen LogP contribution in [0.1, 0.15) is 53.2 Å². The molecule has 4 rings (SSSR count). The number of hydrogen-bond donors (Lipinski definition) is 0. The first-order chi connectivity index (χ1) is 11.8. The van der Waals surface area contributed by atoms with Crippen LogP contribution >= 0.6 is 0 Å². The van der Waals surface area contributed by atoms with Crippen molar-refractivity contribution in [2.75, 3.05) is 6.61 Å². The van der Waals surface area contributed by atoms with Gasteiger partial charge in [0.25, 0.3) is 0 Å². The minimum Gasteiger partial charge on any atom is -0.399 e. The lowest BCUT2D eigenvalue weighted by Gasteiger charge is -2.32. The Balaban J connectivity index is 1.68. The van der Waals surface area contributed by atoms with Gasteiger partial charge < -0.3 is 14.0 Å². The summed E-state index contributed by atoms with van der Waals surface area (Å²) in [5.74, 6) is 0. The third-order valence-corrected chi connectivity index (χ3v) is 5.75. The Morgan fingerprint density at radius 2 is 1.92 bits per heavy atom. The summed E-state index contributed by atoms with van der Waals surface area (Å²) >= 11 is 0. The van der Waals surface area contributed by atoms with Crippen LogP contribution in [0.15, 0.2) is 18.5 Å². The standard InChI is InChI=1S/C18H27BN3O3/c1-17(2)18(3,4)25-19(24-17)14-10-13-12-21(5)22(16(13)20-11-14)15-8-6-7-9-23-15/h10-12,15H,6-9H2,1-5H3/q+1. The van der Waals surface area contributed by atoms with E-state index in [0.29, 0.717) is 0 Å². The third kappa shape index (κ3) is 2.78. The molecule has 2 aromatic heterocycles. The molecular formula is C18H27BN3O3+. The van der Waals surface area contributed by atoms with Crippen LogP contribution in [0, 0.1) is 0 Å². The Kier molecular flexibility index (Phi) is 3.94. The first kappa shape index (κ1) is 17.0. The van der Waals surface area contributed by atoms with E-state index in [1.54, 1.807) is 0 Å². The monoisotopic (exact) mass is 344 g/mol. The number of ether oxygens (including phenoxy) is 1. The predicted octanol–water partition coefficient (Wildman–Crippen LogP) is 1.86. The van der Waals surface area contributed by atoms with Crippen LogP contribution in [0.25, 0.3) is 11.0 Å². The van der Waals surface area contributed by atoms with E-state index in [1.165, 1.54) is 6.42 Å². The van der Waals surface area contributed by atoms with Gasteiger partial charge in [0.05, 0.1) is 16.6 Å². The molecule has 0 saturated carbocycles. The highest BCUT2D eigenvalue weighted by atomic mass is 16.7. The fourth-order valence-electron chi connectivity index (χ4n) is 3.56. The van der Waals surface area contributed by atoms with E-state index in [-0.39, 0.29) is 24.5 Å². The van der Waals surface area contributed by atoms with Gasteiger partial charge >= 0.3 is 7.12 Å². The van der Waals surface area contributed by atoms with Gasteiger partial charge in [-0.2, -0.15) is 0 Å². The molecule has 2 fully saturated rings. The number of nitrogens with zero attached hydrogens (tertiary/aromatic N) is 3. The molecule has 0 spiro atoms. The van der Waals surface area contributed by atoms with Gasteiger partial charge in [0.1, 0.15) is 0 Å². The lowest BCUT2D eigenvalue weighted by atomic mass is 9.80. The van der Waals surface area contributed by atoms with E-state index >= 15 is 0 Å². The summed E-state index contributed by atoms with van der Waals surface area (Å²) in [6, 6.07) is 2.11. The molecule has 2 aliphatic heterocycles. The average molecular weight is 344 g/mol. The van der Waals surface area contributed by atoms with Crippen molar-refractivity contribution in [3.63, 3.8) is 0 Å². The fraction of sp³-hybridized carbons (Fsp3) is 0.667. The van der Waals surface area contributed by atoms with Crippen molar-refractivity contribution in [1.29, 1.82) is 0 Å². The van der Waals surface area contributed by atoms with Gasteiger partial charge in [-0.1, -0.05) is 0 Å². The van der Waals surface area contributed by atoms with Gasteiger partial charge in [-0.25, -0.2) is 4.98 Å². The quantitative estimate of drug-likeness (QED) is 0.616. The van der Waals surface area contributed by atoms with E-state index in [9.17, 15) is 0 Å². The molecule has 6 nitrogen and oxygen atoms in total. The van der Waals surface area contributed by atoms with Crippen LogP contribution in [-0.4, -0.2) is 34.6 Å². The second-order valence-electron chi connectivity index (χ2n) is 8.14. The first-order valence-corrected chi connectivity index (χ1v) is 9.12. The Labute approximate surface area is 149 Å². The summed E-state index contributed by atoms with van der Waals surface area (Å²) in [6.45, 7) is 9.08. The number of rotatable bonds is 2. The summed E-state index contributed by atoms with van der Waals surface area (Å²) in [6.07, 6.45) is 7.37. The van der Waals surface area contributed by atoms with Gasteiger partial charge in [0.15, 0.2) is 13.3 Å². The Hall–Kier alpha value is -1.44. The molecular weight excluding hydrogens is 317 g/mol. The average Bonchev–Trinajstić information content (AvgIpc) is 2.99. The third-order valence-electron chi connectivity index (χ3n) is 5.75. The molecule has 4 heterocycles. The maximum absolute atomic E-state index is 6.15. The van der Waals surface area contributed by atoms with Crippen molar-refractivity contribution in [3.8, 4) is 0 Å². The molecule has 0 bridgehead atoms. The highest BCUT2D eigenvalue weighted by Gasteiger charge is 2.52. The molecule has 7 heteroatoms. The van der Waals surface area contributed by atoms with Gasteiger partial charge in [-0.05, 0) is 53.0 Å². The van der Waals surface area contributed by atoms with Crippen LogP contribution in [0.4, 0.5) is 0 Å². The van der Waals surface area contributed by atoms with E-state index in [4.69, 9.17) is 19.0 Å². The second kappa shape index (κ2) is 5.79. The lowest BCUT2D eigenvalue weighted by molar-refractivity contribution is -0.758. The first-order valence-electron chi connectivity index (χ1n) is 9.12. The highest BCUT2D eigenvalue weighted by Crippen LogP contribution is 2.36. The van der Waals surface area contributed by atoms with E-state index in [0.717, 1.165) is 35.9 Å². The summed E-state index contributed by atoms with van der Waals surface area (Å²) in [5, 5.41) is 1.07. The smallest absolute Gasteiger partial charge is 0.399 e. The molecule has 2 saturated heterocycles. The minimum absolute atomic E-state index is 0.0615. The number of hydrogen-bond acceptors (Lipinski definition) is 4. The maximum atomic E-state index is 6.15. The molecule has 0 radical (unpaired) electrons. The molecule has 1 atom stereocenters. The van der Waals surface area contributed by atoms with Crippen LogP contribution in [0.5, 0.6) is 0 Å². The maximum Gasteiger partial charge on any atom is 0.496 e. The van der Waals surface area contributed by atoms with E-state index < -0.39 is 0 Å². The summed E-state index contributed by atoms with van der Waals surface area (Å²) in [4.78, 5) is 4.72. The van der Waals surface area contributed by atoms with Crippen LogP contribution in [0.2, 0.25) is 0 Å². The molecule has 0 amide bonds. The normalized spacial score (nSPS) is 25.6. The van der Waals surface area contributed by atoms with Crippen LogP contribution in [0.3, 0.4) is 0 Å². The molecule has 2 aromatic rings. The van der Waals surface area contributed by atoms with E-state index in [1.807, 2.05) is 13.2 Å². The summed E-state index contributed by atoms with van der Waals surface area (Å²) in [7, 11) is 1.65. The van der Waals surface area contributed by atoms with Gasteiger partial charge in [0, 0.05) is 18.3 Å². The Bertz CT molecular complexity index is 780.